The third kappa shape index (κ3) is 3.63. The van der Waals surface area contributed by atoms with Crippen LogP contribution >= 0.6 is 0 Å². The number of halogens is 3. The Morgan fingerprint density at radius 1 is 1.32 bits per heavy atom. The summed E-state index contributed by atoms with van der Waals surface area (Å²) in [6.07, 6.45) is -4.27. The Morgan fingerprint density at radius 2 is 2.04 bits per heavy atom. The van der Waals surface area contributed by atoms with Crippen LogP contribution in [0, 0.1) is 0 Å². The quantitative estimate of drug-likeness (QED) is 0.899. The Balaban J connectivity index is 1.79. The van der Waals surface area contributed by atoms with Crippen molar-refractivity contribution in [3.05, 3.63) is 35.4 Å². The molecule has 1 saturated heterocycles. The third-order valence-electron chi connectivity index (χ3n) is 4.73. The van der Waals surface area contributed by atoms with E-state index >= 15 is 0 Å². The number of rotatable bonds is 4. The summed E-state index contributed by atoms with van der Waals surface area (Å²) < 4.78 is 44.2. The number of benzene rings is 1. The number of morpholine rings is 1. The van der Waals surface area contributed by atoms with Gasteiger partial charge in [0.2, 0.25) is 5.91 Å². The van der Waals surface area contributed by atoms with Gasteiger partial charge in [0.25, 0.3) is 0 Å². The third-order valence-corrected chi connectivity index (χ3v) is 4.73. The minimum absolute atomic E-state index is 0.145. The standard InChI is InChI=1S/C17H18F3NO4/c18-17(19,20)12-3-1-2-11(8-12)16(4-5-16)15(24)21-6-7-25-13(10-21)9-14(22)23/h1-3,8,13H,4-7,9-10H2,(H,22,23)/t13-/m0/s1. The van der Waals surface area contributed by atoms with Crippen molar-refractivity contribution in [2.24, 2.45) is 0 Å². The van der Waals surface area contributed by atoms with Gasteiger partial charge in [-0.1, -0.05) is 18.2 Å². The highest BCUT2D eigenvalue weighted by molar-refractivity contribution is 5.91. The maximum absolute atomic E-state index is 12.9. The first-order chi connectivity index (χ1) is 11.7. The topological polar surface area (TPSA) is 66.8 Å². The second-order valence-electron chi connectivity index (χ2n) is 6.50. The number of carbonyl (C=O) groups excluding carboxylic acids is 1. The van der Waals surface area contributed by atoms with E-state index in [-0.39, 0.29) is 25.5 Å². The van der Waals surface area contributed by atoms with E-state index in [9.17, 15) is 22.8 Å². The van der Waals surface area contributed by atoms with Gasteiger partial charge in [0.15, 0.2) is 0 Å². The van der Waals surface area contributed by atoms with Crippen LogP contribution in [0.1, 0.15) is 30.4 Å². The molecule has 0 bridgehead atoms. The molecule has 5 nitrogen and oxygen atoms in total. The summed E-state index contributed by atoms with van der Waals surface area (Å²) >= 11 is 0. The van der Waals surface area contributed by atoms with Crippen molar-refractivity contribution in [1.29, 1.82) is 0 Å². The average molecular weight is 357 g/mol. The van der Waals surface area contributed by atoms with Crippen LogP contribution in [-0.4, -0.2) is 47.7 Å². The lowest BCUT2D eigenvalue weighted by Gasteiger charge is -2.35. The lowest BCUT2D eigenvalue weighted by molar-refractivity contribution is -0.149. The van der Waals surface area contributed by atoms with Crippen LogP contribution in [0.4, 0.5) is 13.2 Å². The van der Waals surface area contributed by atoms with Crippen molar-refractivity contribution >= 4 is 11.9 Å². The number of ether oxygens (including phenoxy) is 1. The van der Waals surface area contributed by atoms with Gasteiger partial charge in [-0.15, -0.1) is 0 Å². The van der Waals surface area contributed by atoms with Crippen molar-refractivity contribution in [3.8, 4) is 0 Å². The molecule has 0 radical (unpaired) electrons. The molecule has 1 N–H and O–H groups in total. The number of carbonyl (C=O) groups is 2. The summed E-state index contributed by atoms with van der Waals surface area (Å²) in [5, 5.41) is 8.86. The minimum atomic E-state index is -4.46. The molecule has 136 valence electrons. The molecule has 1 aliphatic heterocycles. The van der Waals surface area contributed by atoms with Gasteiger partial charge in [0.1, 0.15) is 0 Å². The van der Waals surface area contributed by atoms with Crippen molar-refractivity contribution in [2.45, 2.75) is 37.0 Å². The summed E-state index contributed by atoms with van der Waals surface area (Å²) in [5.74, 6) is -1.26. The summed E-state index contributed by atoms with van der Waals surface area (Å²) in [4.78, 5) is 25.3. The Kier molecular flexibility index (Phi) is 4.49. The van der Waals surface area contributed by atoms with Gasteiger partial charge in [-0.05, 0) is 24.5 Å². The van der Waals surface area contributed by atoms with E-state index in [4.69, 9.17) is 9.84 Å². The molecule has 8 heteroatoms. The molecular weight excluding hydrogens is 339 g/mol. The number of carboxylic acids is 1. The van der Waals surface area contributed by atoms with E-state index < -0.39 is 29.2 Å². The fraction of sp³-hybridized carbons (Fsp3) is 0.529. The Labute approximate surface area is 142 Å². The second kappa shape index (κ2) is 6.33. The average Bonchev–Trinajstić information content (AvgIpc) is 3.35. The van der Waals surface area contributed by atoms with Crippen LogP contribution in [0.25, 0.3) is 0 Å². The number of carboxylic acid groups (broad SMARTS) is 1. The van der Waals surface area contributed by atoms with Crippen LogP contribution in [0.3, 0.4) is 0 Å². The van der Waals surface area contributed by atoms with E-state index in [1.54, 1.807) is 6.07 Å². The largest absolute Gasteiger partial charge is 0.481 e. The van der Waals surface area contributed by atoms with Gasteiger partial charge in [-0.25, -0.2) is 0 Å². The number of nitrogens with zero attached hydrogens (tertiary/aromatic N) is 1. The highest BCUT2D eigenvalue weighted by Crippen LogP contribution is 2.50. The molecule has 1 aromatic carbocycles. The summed E-state index contributed by atoms with van der Waals surface area (Å²) in [6.45, 7) is 0.684. The minimum Gasteiger partial charge on any atom is -0.481 e. The van der Waals surface area contributed by atoms with E-state index in [0.717, 1.165) is 12.1 Å². The summed E-state index contributed by atoms with van der Waals surface area (Å²) in [6, 6.07) is 4.90. The zero-order chi connectivity index (χ0) is 18.2. The summed E-state index contributed by atoms with van der Waals surface area (Å²) in [5.41, 5.74) is -1.32. The smallest absolute Gasteiger partial charge is 0.416 e. The molecule has 1 aromatic rings. The van der Waals surface area contributed by atoms with Gasteiger partial charge in [0.05, 0.1) is 30.1 Å². The predicted octanol–water partition coefficient (Wildman–Crippen LogP) is 2.44. The molecule has 2 aliphatic rings. The second-order valence-corrected chi connectivity index (χ2v) is 6.50. The first kappa shape index (κ1) is 17.7. The first-order valence-corrected chi connectivity index (χ1v) is 8.03. The van der Waals surface area contributed by atoms with E-state index in [0.29, 0.717) is 24.9 Å². The van der Waals surface area contributed by atoms with Crippen LogP contribution in [0.5, 0.6) is 0 Å². The lowest BCUT2D eigenvalue weighted by Crippen LogP contribution is -2.49. The molecule has 25 heavy (non-hydrogen) atoms. The zero-order valence-electron chi connectivity index (χ0n) is 13.4. The van der Waals surface area contributed by atoms with Crippen molar-refractivity contribution in [3.63, 3.8) is 0 Å². The molecule has 1 saturated carbocycles. The van der Waals surface area contributed by atoms with E-state index in [1.165, 1.54) is 11.0 Å². The molecule has 1 aliphatic carbocycles. The van der Waals surface area contributed by atoms with Crippen LogP contribution in [-0.2, 0) is 25.9 Å². The monoisotopic (exact) mass is 357 g/mol. The molecule has 0 aromatic heterocycles. The molecular formula is C17H18F3NO4. The number of alkyl halides is 3. The number of hydrogen-bond acceptors (Lipinski definition) is 3. The van der Waals surface area contributed by atoms with Gasteiger partial charge in [-0.3, -0.25) is 9.59 Å². The highest BCUT2D eigenvalue weighted by Gasteiger charge is 2.54. The van der Waals surface area contributed by atoms with Crippen LogP contribution < -0.4 is 0 Å². The maximum Gasteiger partial charge on any atom is 0.416 e. The fourth-order valence-corrected chi connectivity index (χ4v) is 3.27. The summed E-state index contributed by atoms with van der Waals surface area (Å²) in [7, 11) is 0. The van der Waals surface area contributed by atoms with Crippen molar-refractivity contribution < 1.29 is 32.6 Å². The van der Waals surface area contributed by atoms with Crippen LogP contribution in [0.2, 0.25) is 0 Å². The number of hydrogen-bond donors (Lipinski definition) is 1. The van der Waals surface area contributed by atoms with Gasteiger partial charge < -0.3 is 14.7 Å². The lowest BCUT2D eigenvalue weighted by atomic mass is 9.92. The molecule has 0 spiro atoms. The predicted molar refractivity (Wildman–Crippen MR) is 80.9 cm³/mol. The zero-order valence-corrected chi connectivity index (χ0v) is 13.4. The van der Waals surface area contributed by atoms with E-state index in [1.807, 2.05) is 0 Å². The normalized spacial score (nSPS) is 22.5. The molecule has 1 heterocycles. The fourth-order valence-electron chi connectivity index (χ4n) is 3.27. The van der Waals surface area contributed by atoms with Gasteiger partial charge >= 0.3 is 12.1 Å². The SMILES string of the molecule is O=C(O)C[C@H]1CN(C(=O)C2(c3cccc(C(F)(F)F)c3)CC2)CCO1. The molecule has 1 atom stereocenters. The number of aliphatic carboxylic acids is 1. The highest BCUT2D eigenvalue weighted by atomic mass is 19.4. The molecule has 3 rings (SSSR count). The van der Waals surface area contributed by atoms with Crippen molar-refractivity contribution in [1.82, 2.24) is 4.90 Å². The molecule has 0 unspecified atom stereocenters. The number of amides is 1. The molecule has 2 fully saturated rings. The Morgan fingerprint density at radius 3 is 2.64 bits per heavy atom. The first-order valence-electron chi connectivity index (χ1n) is 8.03. The Bertz CT molecular complexity index is 685. The Hall–Kier alpha value is -2.09. The van der Waals surface area contributed by atoms with Crippen molar-refractivity contribution in [2.75, 3.05) is 19.7 Å². The maximum atomic E-state index is 12.9. The van der Waals surface area contributed by atoms with Gasteiger partial charge in [-0.2, -0.15) is 13.2 Å². The van der Waals surface area contributed by atoms with Crippen LogP contribution in [0.15, 0.2) is 24.3 Å². The van der Waals surface area contributed by atoms with Gasteiger partial charge in [0, 0.05) is 13.1 Å². The van der Waals surface area contributed by atoms with E-state index in [2.05, 4.69) is 0 Å². The molecule has 1 amide bonds.